The van der Waals surface area contributed by atoms with Crippen LogP contribution in [0.2, 0.25) is 0 Å². The number of esters is 1. The minimum Gasteiger partial charge on any atom is -0.503 e. The molecular weight excluding hydrogens is 360 g/mol. The molecule has 0 radical (unpaired) electrons. The van der Waals surface area contributed by atoms with Crippen molar-refractivity contribution in [2.45, 2.75) is 6.61 Å². The molecule has 0 amide bonds. The van der Waals surface area contributed by atoms with Crippen molar-refractivity contribution in [2.24, 2.45) is 5.16 Å². The summed E-state index contributed by atoms with van der Waals surface area (Å²) < 4.78 is 15.0. The van der Waals surface area contributed by atoms with Crippen molar-refractivity contribution >= 4 is 17.8 Å². The van der Waals surface area contributed by atoms with Gasteiger partial charge in [-0.25, -0.2) is 4.79 Å². The Balaban J connectivity index is 2.08. The molecule has 28 heavy (non-hydrogen) atoms. The van der Waals surface area contributed by atoms with Crippen LogP contribution in [0.4, 0.5) is 0 Å². The molecule has 2 aromatic rings. The molecule has 0 aliphatic rings. The molecule has 0 saturated heterocycles. The fraction of sp³-hybridized carbons (Fsp3) is 0.190. The number of methoxy groups -OCH3 is 2. The maximum atomic E-state index is 12.0. The monoisotopic (exact) mass is 380 g/mol. The average molecular weight is 380 g/mol. The second kappa shape index (κ2) is 11.0. The molecule has 0 saturated carbocycles. The SMILES string of the molecule is CO/C=C(/C(=O)OC)c1ccccc1CO/N=C\c1cccc(OCC#N)c1. The summed E-state index contributed by atoms with van der Waals surface area (Å²) in [6.45, 7) is 0.126. The van der Waals surface area contributed by atoms with E-state index in [4.69, 9.17) is 24.3 Å². The van der Waals surface area contributed by atoms with Crippen molar-refractivity contribution in [3.8, 4) is 11.8 Å². The van der Waals surface area contributed by atoms with Crippen LogP contribution in [-0.4, -0.2) is 33.0 Å². The fourth-order valence-electron chi connectivity index (χ4n) is 2.36. The molecule has 0 heterocycles. The summed E-state index contributed by atoms with van der Waals surface area (Å²) >= 11 is 0. The Labute approximate surface area is 163 Å². The molecule has 2 rings (SSSR count). The van der Waals surface area contributed by atoms with Crippen LogP contribution >= 0.6 is 0 Å². The molecule has 0 aromatic heterocycles. The molecule has 0 aliphatic heterocycles. The van der Waals surface area contributed by atoms with E-state index < -0.39 is 5.97 Å². The number of benzene rings is 2. The number of nitriles is 1. The molecular formula is C21H20N2O5. The highest BCUT2D eigenvalue weighted by molar-refractivity contribution is 6.16. The van der Waals surface area contributed by atoms with Gasteiger partial charge in [0.05, 0.1) is 26.7 Å². The van der Waals surface area contributed by atoms with Gasteiger partial charge in [-0.15, -0.1) is 0 Å². The van der Waals surface area contributed by atoms with Crippen molar-refractivity contribution in [3.05, 3.63) is 71.5 Å². The first-order chi connectivity index (χ1) is 13.7. The van der Waals surface area contributed by atoms with E-state index in [0.717, 1.165) is 11.1 Å². The van der Waals surface area contributed by atoms with E-state index in [1.54, 1.807) is 30.3 Å². The van der Waals surface area contributed by atoms with E-state index in [0.29, 0.717) is 11.3 Å². The number of carbonyl (C=O) groups excluding carboxylic acids is 1. The Morgan fingerprint density at radius 3 is 2.75 bits per heavy atom. The lowest BCUT2D eigenvalue weighted by Crippen LogP contribution is -2.07. The average Bonchev–Trinajstić information content (AvgIpc) is 2.74. The number of rotatable bonds is 9. The molecule has 0 spiro atoms. The normalized spacial score (nSPS) is 11.0. The van der Waals surface area contributed by atoms with Gasteiger partial charge in [-0.05, 0) is 23.3 Å². The third-order valence-electron chi connectivity index (χ3n) is 3.61. The van der Waals surface area contributed by atoms with Crippen LogP contribution in [0.5, 0.6) is 5.75 Å². The van der Waals surface area contributed by atoms with Crippen molar-refractivity contribution in [1.82, 2.24) is 0 Å². The first-order valence-corrected chi connectivity index (χ1v) is 8.34. The predicted molar refractivity (Wildman–Crippen MR) is 103 cm³/mol. The standard InChI is InChI=1S/C21H20N2O5/c1-25-15-20(21(24)26-2)19-9-4-3-7-17(19)14-28-23-13-16-6-5-8-18(12-16)27-11-10-22/h3-9,12-13,15H,11,14H2,1-2H3/b20-15+,23-13-. The molecule has 144 valence electrons. The van der Waals surface area contributed by atoms with E-state index in [2.05, 4.69) is 5.16 Å². The van der Waals surface area contributed by atoms with E-state index in [1.807, 2.05) is 24.3 Å². The second-order valence-electron chi connectivity index (χ2n) is 5.44. The summed E-state index contributed by atoms with van der Waals surface area (Å²) in [5.41, 5.74) is 2.44. The van der Waals surface area contributed by atoms with Crippen LogP contribution in [0.1, 0.15) is 16.7 Å². The zero-order chi connectivity index (χ0) is 20.2. The van der Waals surface area contributed by atoms with E-state index >= 15 is 0 Å². The third kappa shape index (κ3) is 5.88. The molecule has 7 heteroatoms. The van der Waals surface area contributed by atoms with Gasteiger partial charge in [-0.3, -0.25) is 0 Å². The number of hydrogen-bond donors (Lipinski definition) is 0. The zero-order valence-electron chi connectivity index (χ0n) is 15.6. The lowest BCUT2D eigenvalue weighted by molar-refractivity contribution is -0.133. The number of oxime groups is 1. The topological polar surface area (TPSA) is 90.1 Å². The van der Waals surface area contributed by atoms with Gasteiger partial charge in [-0.2, -0.15) is 5.26 Å². The van der Waals surface area contributed by atoms with Gasteiger partial charge in [-0.1, -0.05) is 41.6 Å². The van der Waals surface area contributed by atoms with Crippen LogP contribution in [0.3, 0.4) is 0 Å². The van der Waals surface area contributed by atoms with E-state index in [-0.39, 0.29) is 18.8 Å². The first-order valence-electron chi connectivity index (χ1n) is 8.34. The fourth-order valence-corrected chi connectivity index (χ4v) is 2.36. The van der Waals surface area contributed by atoms with Gasteiger partial charge >= 0.3 is 5.97 Å². The third-order valence-corrected chi connectivity index (χ3v) is 3.61. The highest BCUT2D eigenvalue weighted by Crippen LogP contribution is 2.21. The van der Waals surface area contributed by atoms with Crippen molar-refractivity contribution in [2.75, 3.05) is 20.8 Å². The number of carbonyl (C=O) groups is 1. The largest absolute Gasteiger partial charge is 0.503 e. The summed E-state index contributed by atoms with van der Waals surface area (Å²) in [6, 6.07) is 16.3. The Bertz CT molecular complexity index is 900. The Morgan fingerprint density at radius 1 is 1.18 bits per heavy atom. The van der Waals surface area contributed by atoms with Crippen LogP contribution in [0.25, 0.3) is 5.57 Å². The number of ether oxygens (including phenoxy) is 3. The van der Waals surface area contributed by atoms with Crippen LogP contribution < -0.4 is 4.74 Å². The molecule has 0 N–H and O–H groups in total. The molecule has 7 nitrogen and oxygen atoms in total. The van der Waals surface area contributed by atoms with Crippen molar-refractivity contribution < 1.29 is 23.8 Å². The molecule has 0 atom stereocenters. The molecule has 0 unspecified atom stereocenters. The number of nitrogens with zero attached hydrogens (tertiary/aromatic N) is 2. The Hall–Kier alpha value is -3.79. The Kier molecular flexibility index (Phi) is 8.09. The van der Waals surface area contributed by atoms with Crippen LogP contribution in [0, 0.1) is 11.3 Å². The van der Waals surface area contributed by atoms with Gasteiger partial charge in [0.2, 0.25) is 0 Å². The number of hydrogen-bond acceptors (Lipinski definition) is 7. The highest BCUT2D eigenvalue weighted by atomic mass is 16.6. The van der Waals surface area contributed by atoms with Crippen LogP contribution in [0.15, 0.2) is 59.9 Å². The molecule has 0 bridgehead atoms. The van der Waals surface area contributed by atoms with E-state index in [9.17, 15) is 4.79 Å². The van der Waals surface area contributed by atoms with Crippen LogP contribution in [-0.2, 0) is 25.7 Å². The van der Waals surface area contributed by atoms with Gasteiger partial charge in [0.15, 0.2) is 6.61 Å². The first kappa shape index (κ1) is 20.5. The molecule has 0 fully saturated rings. The van der Waals surface area contributed by atoms with E-state index in [1.165, 1.54) is 26.7 Å². The summed E-state index contributed by atoms with van der Waals surface area (Å²) in [4.78, 5) is 17.4. The quantitative estimate of drug-likeness (QED) is 0.218. The summed E-state index contributed by atoms with van der Waals surface area (Å²) in [5, 5.41) is 12.5. The molecule has 0 aliphatic carbocycles. The highest BCUT2D eigenvalue weighted by Gasteiger charge is 2.16. The lowest BCUT2D eigenvalue weighted by Gasteiger charge is -2.10. The maximum absolute atomic E-state index is 12.0. The maximum Gasteiger partial charge on any atom is 0.341 e. The summed E-state index contributed by atoms with van der Waals surface area (Å²) in [5.74, 6) is 0.0650. The van der Waals surface area contributed by atoms with Gasteiger partial charge in [0.1, 0.15) is 24.0 Å². The van der Waals surface area contributed by atoms with Crippen molar-refractivity contribution in [3.63, 3.8) is 0 Å². The van der Waals surface area contributed by atoms with Gasteiger partial charge in [0, 0.05) is 5.56 Å². The zero-order valence-corrected chi connectivity index (χ0v) is 15.6. The molecule has 2 aromatic carbocycles. The summed E-state index contributed by atoms with van der Waals surface area (Å²) in [6.07, 6.45) is 2.87. The summed E-state index contributed by atoms with van der Waals surface area (Å²) in [7, 11) is 2.77. The van der Waals surface area contributed by atoms with Gasteiger partial charge < -0.3 is 19.0 Å². The Morgan fingerprint density at radius 2 is 2.00 bits per heavy atom. The minimum atomic E-state index is -0.507. The van der Waals surface area contributed by atoms with Crippen molar-refractivity contribution in [1.29, 1.82) is 5.26 Å². The second-order valence-corrected chi connectivity index (χ2v) is 5.44. The lowest BCUT2D eigenvalue weighted by atomic mass is 10.0. The van der Waals surface area contributed by atoms with Gasteiger partial charge in [0.25, 0.3) is 0 Å². The minimum absolute atomic E-state index is 0.0224. The predicted octanol–water partition coefficient (Wildman–Crippen LogP) is 3.30. The smallest absolute Gasteiger partial charge is 0.341 e.